The number of amides is 3. The van der Waals surface area contributed by atoms with Gasteiger partial charge in [0.15, 0.2) is 0 Å². The fraction of sp³-hybridized carbons (Fsp3) is 0.371. The highest BCUT2D eigenvalue weighted by Crippen LogP contribution is 2.35. The fourth-order valence-corrected chi connectivity index (χ4v) is 6.39. The molecule has 0 radical (unpaired) electrons. The molecule has 3 amide bonds. The lowest BCUT2D eigenvalue weighted by molar-refractivity contribution is -0.146. The van der Waals surface area contributed by atoms with Crippen LogP contribution in [0.25, 0.3) is 0 Å². The van der Waals surface area contributed by atoms with E-state index < -0.39 is 47.1 Å². The number of carboxylic acid groups (broad SMARTS) is 1. The number of carbonyl (C=O) groups is 4. The second-order valence-electron chi connectivity index (χ2n) is 12.5. The standard InChI is InChI=1S/C35H38ClN3O6/c1-35(2,3)45-34(44)39-28-16-10-9-14-25(28)19-29(39)33(43)38(30(36)17-23-11-5-4-6-12-23)22-31(40)37-21-26-15-8-7-13-24(26)18-27(37)20-32(41)42/h4-16,27,29-30H,17-22H2,1-3H3,(H,41,42)/t27-,29-,30?/m1/s1. The molecule has 3 aromatic carbocycles. The summed E-state index contributed by atoms with van der Waals surface area (Å²) >= 11 is 6.99. The fourth-order valence-electron chi connectivity index (χ4n) is 6.05. The average molecular weight is 632 g/mol. The van der Waals surface area contributed by atoms with Crippen LogP contribution in [0.5, 0.6) is 0 Å². The Morgan fingerprint density at radius 1 is 0.911 bits per heavy atom. The van der Waals surface area contributed by atoms with E-state index in [4.69, 9.17) is 16.3 Å². The maximum atomic E-state index is 14.5. The molecule has 0 fully saturated rings. The molecule has 9 nitrogen and oxygen atoms in total. The van der Waals surface area contributed by atoms with Crippen LogP contribution in [0.15, 0.2) is 78.9 Å². The normalized spacial score (nSPS) is 18.0. The van der Waals surface area contributed by atoms with Crippen molar-refractivity contribution >= 4 is 41.2 Å². The van der Waals surface area contributed by atoms with Gasteiger partial charge in [0.2, 0.25) is 11.8 Å². The highest BCUT2D eigenvalue weighted by Gasteiger charge is 2.44. The van der Waals surface area contributed by atoms with E-state index in [1.54, 1.807) is 32.9 Å². The molecule has 5 rings (SSSR count). The van der Waals surface area contributed by atoms with Crippen molar-refractivity contribution in [1.29, 1.82) is 0 Å². The Morgan fingerprint density at radius 2 is 1.53 bits per heavy atom. The number of carboxylic acids is 1. The van der Waals surface area contributed by atoms with Crippen LogP contribution in [0, 0.1) is 0 Å². The third-order valence-electron chi connectivity index (χ3n) is 8.11. The molecular formula is C35H38ClN3O6. The van der Waals surface area contributed by atoms with Crippen molar-refractivity contribution in [2.75, 3.05) is 11.4 Å². The zero-order chi connectivity index (χ0) is 32.3. The Hall–Kier alpha value is -4.37. The first-order valence-electron chi connectivity index (χ1n) is 15.1. The van der Waals surface area contributed by atoms with Crippen LogP contribution in [-0.4, -0.2) is 68.5 Å². The van der Waals surface area contributed by atoms with Gasteiger partial charge in [0, 0.05) is 25.4 Å². The zero-order valence-corrected chi connectivity index (χ0v) is 26.4. The third kappa shape index (κ3) is 7.48. The van der Waals surface area contributed by atoms with E-state index in [0.717, 1.165) is 22.3 Å². The SMILES string of the molecule is CC(C)(C)OC(=O)N1c2ccccc2C[C@@H]1C(=O)N(CC(=O)N1Cc2ccccc2C[C@@H]1CC(=O)O)C(Cl)Cc1ccccc1. The van der Waals surface area contributed by atoms with Crippen LogP contribution in [0.4, 0.5) is 10.5 Å². The quantitative estimate of drug-likeness (QED) is 0.263. The lowest BCUT2D eigenvalue weighted by Crippen LogP contribution is -2.56. The van der Waals surface area contributed by atoms with Gasteiger partial charge in [-0.2, -0.15) is 0 Å². The van der Waals surface area contributed by atoms with Gasteiger partial charge in [-0.25, -0.2) is 4.79 Å². The number of para-hydroxylation sites is 1. The molecule has 0 saturated heterocycles. The molecule has 3 atom stereocenters. The van der Waals surface area contributed by atoms with E-state index in [-0.39, 0.29) is 32.4 Å². The van der Waals surface area contributed by atoms with Crippen LogP contribution in [-0.2, 0) is 44.9 Å². The number of ether oxygens (including phenoxy) is 1. The largest absolute Gasteiger partial charge is 0.481 e. The van der Waals surface area contributed by atoms with E-state index in [0.29, 0.717) is 12.1 Å². The molecule has 2 aliphatic rings. The third-order valence-corrected chi connectivity index (χ3v) is 8.50. The summed E-state index contributed by atoms with van der Waals surface area (Å²) in [6, 6.07) is 22.7. The molecule has 2 heterocycles. The van der Waals surface area contributed by atoms with Crippen molar-refractivity contribution < 1.29 is 29.0 Å². The van der Waals surface area contributed by atoms with E-state index in [9.17, 15) is 24.3 Å². The van der Waals surface area contributed by atoms with Crippen LogP contribution < -0.4 is 4.90 Å². The number of alkyl halides is 1. The van der Waals surface area contributed by atoms with Gasteiger partial charge in [0.1, 0.15) is 23.7 Å². The van der Waals surface area contributed by atoms with E-state index in [1.807, 2.05) is 66.7 Å². The Kier molecular flexibility index (Phi) is 9.48. The molecule has 0 aliphatic carbocycles. The molecule has 0 aromatic heterocycles. The first kappa shape index (κ1) is 32.0. The predicted octanol–water partition coefficient (Wildman–Crippen LogP) is 5.42. The monoisotopic (exact) mass is 631 g/mol. The molecule has 3 aromatic rings. The number of anilines is 1. The minimum Gasteiger partial charge on any atom is -0.481 e. The molecule has 236 valence electrons. The minimum absolute atomic E-state index is 0.222. The van der Waals surface area contributed by atoms with Crippen molar-refractivity contribution in [2.24, 2.45) is 0 Å². The molecule has 45 heavy (non-hydrogen) atoms. The smallest absolute Gasteiger partial charge is 0.415 e. The molecule has 0 saturated carbocycles. The molecule has 0 bridgehead atoms. The molecule has 2 aliphatic heterocycles. The van der Waals surface area contributed by atoms with Crippen LogP contribution >= 0.6 is 11.6 Å². The lowest BCUT2D eigenvalue weighted by atomic mass is 9.92. The maximum Gasteiger partial charge on any atom is 0.415 e. The van der Waals surface area contributed by atoms with Gasteiger partial charge >= 0.3 is 12.1 Å². The highest BCUT2D eigenvalue weighted by molar-refractivity contribution is 6.22. The number of halogens is 1. The Morgan fingerprint density at radius 3 is 2.20 bits per heavy atom. The summed E-state index contributed by atoms with van der Waals surface area (Å²) in [6.45, 7) is 5.11. The van der Waals surface area contributed by atoms with E-state index in [2.05, 4.69) is 0 Å². The predicted molar refractivity (Wildman–Crippen MR) is 171 cm³/mol. The topological polar surface area (TPSA) is 107 Å². The zero-order valence-electron chi connectivity index (χ0n) is 25.7. The van der Waals surface area contributed by atoms with Crippen LogP contribution in [0.3, 0.4) is 0 Å². The lowest BCUT2D eigenvalue weighted by Gasteiger charge is -2.39. The summed E-state index contributed by atoms with van der Waals surface area (Å²) in [5.41, 5.74) is 2.44. The summed E-state index contributed by atoms with van der Waals surface area (Å²) in [5.74, 6) is -1.92. The summed E-state index contributed by atoms with van der Waals surface area (Å²) in [7, 11) is 0. The van der Waals surface area contributed by atoms with E-state index in [1.165, 1.54) is 14.7 Å². The molecule has 1 unspecified atom stereocenters. The minimum atomic E-state index is -1.01. The first-order chi connectivity index (χ1) is 21.4. The number of rotatable bonds is 8. The van der Waals surface area contributed by atoms with Crippen molar-refractivity contribution in [2.45, 2.75) is 76.2 Å². The summed E-state index contributed by atoms with van der Waals surface area (Å²) < 4.78 is 5.71. The number of carbonyl (C=O) groups excluding carboxylic acids is 3. The number of hydrogen-bond donors (Lipinski definition) is 1. The number of aliphatic carboxylic acids is 1. The highest BCUT2D eigenvalue weighted by atomic mass is 35.5. The number of nitrogens with zero attached hydrogens (tertiary/aromatic N) is 3. The van der Waals surface area contributed by atoms with Gasteiger partial charge < -0.3 is 19.6 Å². The van der Waals surface area contributed by atoms with Crippen molar-refractivity contribution in [1.82, 2.24) is 9.80 Å². The Bertz CT molecular complexity index is 1570. The second-order valence-corrected chi connectivity index (χ2v) is 13.0. The molecule has 1 N–H and O–H groups in total. The maximum absolute atomic E-state index is 14.5. The number of hydrogen-bond acceptors (Lipinski definition) is 5. The Balaban J connectivity index is 1.47. The summed E-state index contributed by atoms with van der Waals surface area (Å²) in [6.07, 6.45) is -0.0184. The van der Waals surface area contributed by atoms with Gasteiger partial charge in [-0.05, 0) is 55.5 Å². The molecule has 0 spiro atoms. The summed E-state index contributed by atoms with van der Waals surface area (Å²) in [5, 5.41) is 9.65. The molecular weight excluding hydrogens is 594 g/mol. The van der Waals surface area contributed by atoms with Gasteiger partial charge in [-0.3, -0.25) is 19.3 Å². The van der Waals surface area contributed by atoms with Gasteiger partial charge in [-0.1, -0.05) is 84.4 Å². The van der Waals surface area contributed by atoms with Gasteiger partial charge in [0.05, 0.1) is 12.1 Å². The average Bonchev–Trinajstić information content (AvgIpc) is 3.38. The van der Waals surface area contributed by atoms with Crippen LogP contribution in [0.2, 0.25) is 0 Å². The van der Waals surface area contributed by atoms with Crippen molar-refractivity contribution in [3.8, 4) is 0 Å². The number of benzene rings is 3. The summed E-state index contributed by atoms with van der Waals surface area (Å²) in [4.78, 5) is 58.2. The second kappa shape index (κ2) is 13.3. The van der Waals surface area contributed by atoms with Gasteiger partial charge in [0.25, 0.3) is 0 Å². The van der Waals surface area contributed by atoms with Crippen LogP contribution in [0.1, 0.15) is 49.4 Å². The van der Waals surface area contributed by atoms with E-state index >= 15 is 0 Å². The Labute approximate surface area is 268 Å². The van der Waals surface area contributed by atoms with Crippen molar-refractivity contribution in [3.63, 3.8) is 0 Å². The van der Waals surface area contributed by atoms with Crippen molar-refractivity contribution in [3.05, 3.63) is 101 Å². The molecule has 10 heteroatoms. The number of fused-ring (bicyclic) bond motifs is 2. The first-order valence-corrected chi connectivity index (χ1v) is 15.5. The van der Waals surface area contributed by atoms with Gasteiger partial charge in [-0.15, -0.1) is 0 Å².